The summed E-state index contributed by atoms with van der Waals surface area (Å²) < 4.78 is 5.77. The quantitative estimate of drug-likeness (QED) is 0.385. The topological polar surface area (TPSA) is 133 Å². The Labute approximate surface area is 164 Å². The number of halogens is 1. The predicted octanol–water partition coefficient (Wildman–Crippen LogP) is 1.42. The Kier molecular flexibility index (Phi) is 7.24. The fraction of sp³-hybridized carbons (Fsp3) is 0.235. The van der Waals surface area contributed by atoms with Crippen LogP contribution < -0.4 is 16.2 Å². The minimum absolute atomic E-state index is 0.125. The average Bonchev–Trinajstić information content (AvgIpc) is 2.63. The molecule has 0 bridgehead atoms. The first-order valence-corrected chi connectivity index (χ1v) is 8.41. The highest BCUT2D eigenvalue weighted by Crippen LogP contribution is 2.21. The van der Waals surface area contributed by atoms with Crippen molar-refractivity contribution in [2.24, 2.45) is 0 Å². The maximum absolute atomic E-state index is 12.1. The number of aromatic nitrogens is 1. The van der Waals surface area contributed by atoms with Crippen LogP contribution in [0.15, 0.2) is 41.3 Å². The number of carbonyl (C=O) groups is 2. The molecule has 0 saturated heterocycles. The first-order valence-electron chi connectivity index (χ1n) is 8.03. The van der Waals surface area contributed by atoms with E-state index in [0.29, 0.717) is 18.8 Å². The molecule has 0 atom stereocenters. The molecule has 2 aromatic rings. The minimum atomic E-state index is -0.663. The van der Waals surface area contributed by atoms with Gasteiger partial charge >= 0.3 is 0 Å². The zero-order valence-electron chi connectivity index (χ0n) is 14.8. The Balaban J connectivity index is 2.06. The van der Waals surface area contributed by atoms with Gasteiger partial charge in [-0.2, -0.15) is 0 Å². The molecule has 10 nitrogen and oxygen atoms in total. The molecule has 11 heteroatoms. The number of pyridine rings is 1. The van der Waals surface area contributed by atoms with Gasteiger partial charge in [-0.25, -0.2) is 0 Å². The first-order chi connectivity index (χ1) is 13.3. The van der Waals surface area contributed by atoms with Crippen molar-refractivity contribution in [3.63, 3.8) is 0 Å². The second kappa shape index (κ2) is 9.62. The van der Waals surface area contributed by atoms with Crippen molar-refractivity contribution in [1.29, 1.82) is 0 Å². The molecule has 0 aliphatic rings. The zero-order chi connectivity index (χ0) is 20.7. The van der Waals surface area contributed by atoms with Gasteiger partial charge in [-0.15, -0.1) is 0 Å². The Morgan fingerprint density at radius 3 is 2.68 bits per heavy atom. The van der Waals surface area contributed by atoms with Crippen molar-refractivity contribution in [1.82, 2.24) is 9.88 Å². The molecular formula is C17H17ClN4O6. The van der Waals surface area contributed by atoms with E-state index in [2.05, 4.69) is 10.6 Å². The van der Waals surface area contributed by atoms with Crippen LogP contribution in [-0.2, 0) is 16.1 Å². The van der Waals surface area contributed by atoms with E-state index in [1.807, 2.05) is 0 Å². The first kappa shape index (κ1) is 21.1. The van der Waals surface area contributed by atoms with Crippen molar-refractivity contribution in [3.05, 3.63) is 67.6 Å². The normalized spacial score (nSPS) is 10.4. The van der Waals surface area contributed by atoms with E-state index in [0.717, 1.165) is 22.9 Å². The third-order valence-corrected chi connectivity index (χ3v) is 3.89. The fourth-order valence-corrected chi connectivity index (χ4v) is 2.51. The summed E-state index contributed by atoms with van der Waals surface area (Å²) in [7, 11) is 1.51. The van der Waals surface area contributed by atoms with Crippen molar-refractivity contribution in [2.75, 3.05) is 25.6 Å². The van der Waals surface area contributed by atoms with Gasteiger partial charge in [-0.05, 0) is 18.2 Å². The summed E-state index contributed by atoms with van der Waals surface area (Å²) in [4.78, 5) is 46.0. The maximum atomic E-state index is 12.1. The number of methoxy groups -OCH3 is 1. The van der Waals surface area contributed by atoms with Gasteiger partial charge in [0.25, 0.3) is 17.2 Å². The molecule has 0 spiro atoms. The molecule has 2 N–H and O–H groups in total. The van der Waals surface area contributed by atoms with Crippen LogP contribution in [0, 0.1) is 10.1 Å². The van der Waals surface area contributed by atoms with Crippen molar-refractivity contribution >= 4 is 34.8 Å². The maximum Gasteiger partial charge on any atom is 0.285 e. The molecule has 2 amide bonds. The van der Waals surface area contributed by atoms with E-state index in [-0.39, 0.29) is 22.2 Å². The van der Waals surface area contributed by atoms with Gasteiger partial charge in [0.2, 0.25) is 5.91 Å². The largest absolute Gasteiger partial charge is 0.383 e. The number of nitrogens with one attached hydrogen (secondary N) is 2. The molecule has 28 heavy (non-hydrogen) atoms. The van der Waals surface area contributed by atoms with Gasteiger partial charge in [-0.3, -0.25) is 29.1 Å². The SMILES string of the molecule is COCCNC(=O)c1ccc(NC(=O)Cn2cc([N+](=O)[O-])ccc2=O)cc1Cl. The van der Waals surface area contributed by atoms with Crippen LogP contribution in [0.5, 0.6) is 0 Å². The summed E-state index contributed by atoms with van der Waals surface area (Å²) in [5.74, 6) is -0.973. The molecule has 148 valence electrons. The summed E-state index contributed by atoms with van der Waals surface area (Å²) in [6.45, 7) is 0.258. The van der Waals surface area contributed by atoms with Gasteiger partial charge in [0.15, 0.2) is 0 Å². The van der Waals surface area contributed by atoms with E-state index < -0.39 is 22.9 Å². The number of ether oxygens (including phenoxy) is 1. The lowest BCUT2D eigenvalue weighted by Gasteiger charge is -2.10. The third kappa shape index (κ3) is 5.63. The van der Waals surface area contributed by atoms with Crippen LogP contribution in [0.1, 0.15) is 10.4 Å². The summed E-state index contributed by atoms with van der Waals surface area (Å²) in [6.07, 6.45) is 0.988. The molecule has 1 aromatic carbocycles. The van der Waals surface area contributed by atoms with Crippen molar-refractivity contribution in [2.45, 2.75) is 6.54 Å². The summed E-state index contributed by atoms with van der Waals surface area (Å²) in [6, 6.07) is 6.39. The van der Waals surface area contributed by atoms with Crippen LogP contribution in [-0.4, -0.2) is 41.6 Å². The van der Waals surface area contributed by atoms with E-state index >= 15 is 0 Å². The Bertz CT molecular complexity index is 959. The number of anilines is 1. The summed E-state index contributed by atoms with van der Waals surface area (Å²) >= 11 is 6.09. The molecule has 0 saturated carbocycles. The molecule has 0 aliphatic heterocycles. The van der Waals surface area contributed by atoms with E-state index in [9.17, 15) is 24.5 Å². The molecule has 0 unspecified atom stereocenters. The predicted molar refractivity (Wildman–Crippen MR) is 102 cm³/mol. The van der Waals surface area contributed by atoms with Crippen molar-refractivity contribution < 1.29 is 19.2 Å². The molecule has 0 fully saturated rings. The second-order valence-corrected chi connectivity index (χ2v) is 6.01. The fourth-order valence-electron chi connectivity index (χ4n) is 2.24. The van der Waals surface area contributed by atoms with Gasteiger partial charge < -0.3 is 15.4 Å². The molecule has 2 rings (SSSR count). The molecule has 0 aliphatic carbocycles. The van der Waals surface area contributed by atoms with Crippen LogP contribution in [0.2, 0.25) is 5.02 Å². The molecule has 0 radical (unpaired) electrons. The minimum Gasteiger partial charge on any atom is -0.383 e. The highest BCUT2D eigenvalue weighted by atomic mass is 35.5. The number of hydrogen-bond acceptors (Lipinski definition) is 6. The lowest BCUT2D eigenvalue weighted by Crippen LogP contribution is -2.28. The van der Waals surface area contributed by atoms with Crippen molar-refractivity contribution in [3.8, 4) is 0 Å². The number of amides is 2. The number of benzene rings is 1. The standard InChI is InChI=1S/C17H17ClN4O6/c1-28-7-6-19-17(25)13-4-2-11(8-14(13)18)20-15(23)10-21-9-12(22(26)27)3-5-16(21)24/h2-5,8-9H,6-7,10H2,1H3,(H,19,25)(H,20,23). The van der Waals surface area contributed by atoms with E-state index in [4.69, 9.17) is 16.3 Å². The van der Waals surface area contributed by atoms with E-state index in [1.165, 1.54) is 25.3 Å². The number of nitro groups is 1. The number of carbonyl (C=O) groups excluding carboxylic acids is 2. The van der Waals surface area contributed by atoms with Gasteiger partial charge in [0.05, 0.1) is 28.3 Å². The summed E-state index contributed by atoms with van der Waals surface area (Å²) in [5.41, 5.74) is -0.325. The third-order valence-electron chi connectivity index (χ3n) is 3.58. The number of hydrogen-bond donors (Lipinski definition) is 2. The van der Waals surface area contributed by atoms with Crippen LogP contribution in [0.4, 0.5) is 11.4 Å². The molecule has 1 heterocycles. The van der Waals surface area contributed by atoms with Crippen LogP contribution in [0.25, 0.3) is 0 Å². The Morgan fingerprint density at radius 1 is 1.29 bits per heavy atom. The Hall–Kier alpha value is -3.24. The number of rotatable bonds is 8. The highest BCUT2D eigenvalue weighted by Gasteiger charge is 2.13. The van der Waals surface area contributed by atoms with Gasteiger partial charge in [0.1, 0.15) is 6.54 Å². The summed E-state index contributed by atoms with van der Waals surface area (Å²) in [5, 5.41) is 16.1. The number of nitrogens with zero attached hydrogens (tertiary/aromatic N) is 2. The smallest absolute Gasteiger partial charge is 0.285 e. The second-order valence-electron chi connectivity index (χ2n) is 5.60. The lowest BCUT2D eigenvalue weighted by atomic mass is 10.2. The van der Waals surface area contributed by atoms with Crippen LogP contribution in [0.3, 0.4) is 0 Å². The Morgan fingerprint density at radius 2 is 2.04 bits per heavy atom. The zero-order valence-corrected chi connectivity index (χ0v) is 15.6. The highest BCUT2D eigenvalue weighted by molar-refractivity contribution is 6.34. The average molecular weight is 409 g/mol. The lowest BCUT2D eigenvalue weighted by molar-refractivity contribution is -0.385. The van der Waals surface area contributed by atoms with Gasteiger partial charge in [0, 0.05) is 31.5 Å². The monoisotopic (exact) mass is 408 g/mol. The van der Waals surface area contributed by atoms with Gasteiger partial charge in [-0.1, -0.05) is 11.6 Å². The molecule has 1 aromatic heterocycles. The van der Waals surface area contributed by atoms with E-state index in [1.54, 1.807) is 0 Å². The molecular weight excluding hydrogens is 392 g/mol. The van der Waals surface area contributed by atoms with Crippen LogP contribution >= 0.6 is 11.6 Å².